The summed E-state index contributed by atoms with van der Waals surface area (Å²) in [6, 6.07) is 6.00. The van der Waals surface area contributed by atoms with E-state index in [1.807, 2.05) is 43.9 Å². The van der Waals surface area contributed by atoms with E-state index >= 15 is 0 Å². The van der Waals surface area contributed by atoms with Crippen LogP contribution >= 0.6 is 0 Å². The van der Waals surface area contributed by atoms with Gasteiger partial charge in [-0.05, 0) is 49.9 Å². The summed E-state index contributed by atoms with van der Waals surface area (Å²) in [5, 5.41) is 0. The van der Waals surface area contributed by atoms with Gasteiger partial charge in [-0.3, -0.25) is 4.79 Å². The van der Waals surface area contributed by atoms with Crippen LogP contribution in [0.1, 0.15) is 32.3 Å². The van der Waals surface area contributed by atoms with Crippen molar-refractivity contribution in [3.8, 4) is 5.75 Å². The highest BCUT2D eigenvalue weighted by molar-refractivity contribution is 6.00. The van der Waals surface area contributed by atoms with Crippen LogP contribution in [0.5, 0.6) is 5.75 Å². The van der Waals surface area contributed by atoms with Crippen LogP contribution in [-0.4, -0.2) is 25.1 Å². The van der Waals surface area contributed by atoms with Gasteiger partial charge in [-0.1, -0.05) is 19.9 Å². The summed E-state index contributed by atoms with van der Waals surface area (Å²) < 4.78 is 5.88. The SMILES string of the molecule is Cc1ccc2c(c1)N(CCCCN)C(=O)C(C(C)C)O2. The second kappa shape index (κ2) is 6.27. The smallest absolute Gasteiger partial charge is 0.268 e. The van der Waals surface area contributed by atoms with Crippen LogP contribution in [0.4, 0.5) is 5.69 Å². The van der Waals surface area contributed by atoms with Crippen LogP contribution in [0, 0.1) is 12.8 Å². The number of aryl methyl sites for hydroxylation is 1. The first-order valence-corrected chi connectivity index (χ1v) is 7.33. The van der Waals surface area contributed by atoms with Crippen molar-refractivity contribution in [2.75, 3.05) is 18.0 Å². The number of hydrogen-bond donors (Lipinski definition) is 1. The van der Waals surface area contributed by atoms with Gasteiger partial charge < -0.3 is 15.4 Å². The number of rotatable bonds is 5. The minimum absolute atomic E-state index is 0.0649. The zero-order valence-corrected chi connectivity index (χ0v) is 12.6. The summed E-state index contributed by atoms with van der Waals surface area (Å²) >= 11 is 0. The van der Waals surface area contributed by atoms with Crippen LogP contribution in [0.15, 0.2) is 18.2 Å². The average molecular weight is 276 g/mol. The molecular weight excluding hydrogens is 252 g/mol. The van der Waals surface area contributed by atoms with E-state index in [0.717, 1.165) is 29.8 Å². The number of hydrogen-bond acceptors (Lipinski definition) is 3. The van der Waals surface area contributed by atoms with Crippen molar-refractivity contribution in [1.82, 2.24) is 0 Å². The summed E-state index contributed by atoms with van der Waals surface area (Å²) in [5.41, 5.74) is 7.57. The fourth-order valence-electron chi connectivity index (χ4n) is 2.46. The number of nitrogens with two attached hydrogens (primary N) is 1. The number of carbonyl (C=O) groups excluding carboxylic acids is 1. The normalized spacial score (nSPS) is 18.1. The molecule has 1 aromatic carbocycles. The van der Waals surface area contributed by atoms with Gasteiger partial charge in [-0.2, -0.15) is 0 Å². The molecule has 1 atom stereocenters. The summed E-state index contributed by atoms with van der Waals surface area (Å²) in [4.78, 5) is 14.5. The Labute approximate surface area is 120 Å². The van der Waals surface area contributed by atoms with Crippen LogP contribution in [0.25, 0.3) is 0 Å². The Balaban J connectivity index is 2.30. The molecule has 2 rings (SSSR count). The molecule has 20 heavy (non-hydrogen) atoms. The van der Waals surface area contributed by atoms with Gasteiger partial charge >= 0.3 is 0 Å². The molecular formula is C16H24N2O2. The van der Waals surface area contributed by atoms with Crippen molar-refractivity contribution in [1.29, 1.82) is 0 Å². The maximum absolute atomic E-state index is 12.6. The minimum atomic E-state index is -0.386. The first-order valence-electron chi connectivity index (χ1n) is 7.33. The molecule has 1 heterocycles. The minimum Gasteiger partial charge on any atom is -0.478 e. The first kappa shape index (κ1) is 14.9. The van der Waals surface area contributed by atoms with E-state index in [-0.39, 0.29) is 17.9 Å². The van der Waals surface area contributed by atoms with E-state index in [1.165, 1.54) is 0 Å². The molecule has 1 unspecified atom stereocenters. The third-order valence-corrected chi connectivity index (χ3v) is 3.61. The molecule has 1 aliphatic rings. The molecule has 0 fully saturated rings. The zero-order chi connectivity index (χ0) is 14.7. The molecule has 0 radical (unpaired) electrons. The Morgan fingerprint density at radius 3 is 2.75 bits per heavy atom. The van der Waals surface area contributed by atoms with E-state index in [2.05, 4.69) is 0 Å². The molecule has 0 aromatic heterocycles. The third kappa shape index (κ3) is 2.96. The lowest BCUT2D eigenvalue weighted by molar-refractivity contribution is -0.128. The molecule has 0 saturated carbocycles. The highest BCUT2D eigenvalue weighted by Crippen LogP contribution is 2.36. The Hall–Kier alpha value is -1.55. The second-order valence-electron chi connectivity index (χ2n) is 5.74. The van der Waals surface area contributed by atoms with Crippen molar-refractivity contribution in [3.05, 3.63) is 23.8 Å². The molecule has 0 bridgehead atoms. The van der Waals surface area contributed by atoms with Crippen LogP contribution in [0.2, 0.25) is 0 Å². The van der Waals surface area contributed by atoms with Gasteiger partial charge in [0.1, 0.15) is 5.75 Å². The molecule has 1 aliphatic heterocycles. The van der Waals surface area contributed by atoms with Gasteiger partial charge in [0, 0.05) is 6.54 Å². The molecule has 4 heteroatoms. The summed E-state index contributed by atoms with van der Waals surface area (Å²) in [6.07, 6.45) is 1.46. The fourth-order valence-corrected chi connectivity index (χ4v) is 2.46. The Morgan fingerprint density at radius 1 is 1.35 bits per heavy atom. The van der Waals surface area contributed by atoms with Crippen molar-refractivity contribution in [2.45, 2.75) is 39.7 Å². The van der Waals surface area contributed by atoms with Crippen molar-refractivity contribution in [3.63, 3.8) is 0 Å². The van der Waals surface area contributed by atoms with Crippen molar-refractivity contribution >= 4 is 11.6 Å². The number of benzene rings is 1. The number of fused-ring (bicyclic) bond motifs is 1. The Morgan fingerprint density at radius 2 is 2.10 bits per heavy atom. The summed E-state index contributed by atoms with van der Waals surface area (Å²) in [6.45, 7) is 7.42. The quantitative estimate of drug-likeness (QED) is 0.841. The number of anilines is 1. The Bertz CT molecular complexity index is 485. The van der Waals surface area contributed by atoms with Crippen molar-refractivity contribution < 1.29 is 9.53 Å². The van der Waals surface area contributed by atoms with E-state index in [9.17, 15) is 4.79 Å². The van der Waals surface area contributed by atoms with Crippen LogP contribution in [0.3, 0.4) is 0 Å². The lowest BCUT2D eigenvalue weighted by Crippen LogP contribution is -2.48. The molecule has 1 aromatic rings. The second-order valence-corrected chi connectivity index (χ2v) is 5.74. The lowest BCUT2D eigenvalue weighted by atomic mass is 10.0. The molecule has 0 aliphatic carbocycles. The van der Waals surface area contributed by atoms with E-state index < -0.39 is 0 Å². The molecule has 2 N–H and O–H groups in total. The number of carbonyl (C=O) groups is 1. The zero-order valence-electron chi connectivity index (χ0n) is 12.6. The lowest BCUT2D eigenvalue weighted by Gasteiger charge is -2.36. The van der Waals surface area contributed by atoms with Gasteiger partial charge in [-0.15, -0.1) is 0 Å². The number of nitrogens with zero attached hydrogens (tertiary/aromatic N) is 1. The third-order valence-electron chi connectivity index (χ3n) is 3.61. The Kier molecular flexibility index (Phi) is 4.65. The first-order chi connectivity index (χ1) is 9.54. The van der Waals surface area contributed by atoms with Gasteiger partial charge in [0.25, 0.3) is 5.91 Å². The van der Waals surface area contributed by atoms with E-state index in [0.29, 0.717) is 13.1 Å². The summed E-state index contributed by atoms with van der Waals surface area (Å²) in [5.74, 6) is 1.03. The maximum atomic E-state index is 12.6. The molecule has 4 nitrogen and oxygen atoms in total. The largest absolute Gasteiger partial charge is 0.478 e. The van der Waals surface area contributed by atoms with E-state index in [1.54, 1.807) is 0 Å². The number of amides is 1. The monoisotopic (exact) mass is 276 g/mol. The highest BCUT2D eigenvalue weighted by Gasteiger charge is 2.35. The molecule has 110 valence electrons. The molecule has 0 saturated heterocycles. The standard InChI is InChI=1S/C16H24N2O2/c1-11(2)15-16(19)18(9-5-4-8-17)13-10-12(3)6-7-14(13)20-15/h6-7,10-11,15H,4-5,8-9,17H2,1-3H3. The predicted molar refractivity (Wildman–Crippen MR) is 81.1 cm³/mol. The number of ether oxygens (including phenoxy) is 1. The molecule has 1 amide bonds. The van der Waals surface area contributed by atoms with Gasteiger partial charge in [0.2, 0.25) is 0 Å². The van der Waals surface area contributed by atoms with Gasteiger partial charge in [0.05, 0.1) is 5.69 Å². The fraction of sp³-hybridized carbons (Fsp3) is 0.562. The maximum Gasteiger partial charge on any atom is 0.268 e. The number of unbranched alkanes of at least 4 members (excludes halogenated alkanes) is 1. The van der Waals surface area contributed by atoms with Gasteiger partial charge in [0.15, 0.2) is 6.10 Å². The molecule has 0 spiro atoms. The average Bonchev–Trinajstić information content (AvgIpc) is 2.41. The highest BCUT2D eigenvalue weighted by atomic mass is 16.5. The predicted octanol–water partition coefficient (Wildman–Crippen LogP) is 2.48. The topological polar surface area (TPSA) is 55.6 Å². The van der Waals surface area contributed by atoms with Gasteiger partial charge in [-0.25, -0.2) is 0 Å². The summed E-state index contributed by atoms with van der Waals surface area (Å²) in [7, 11) is 0. The van der Waals surface area contributed by atoms with E-state index in [4.69, 9.17) is 10.5 Å². The van der Waals surface area contributed by atoms with Crippen LogP contribution in [-0.2, 0) is 4.79 Å². The van der Waals surface area contributed by atoms with Crippen molar-refractivity contribution in [2.24, 2.45) is 11.7 Å². The van der Waals surface area contributed by atoms with Crippen LogP contribution < -0.4 is 15.4 Å².